The number of rotatable bonds is 2. The van der Waals surface area contributed by atoms with E-state index in [-0.39, 0.29) is 12.8 Å². The molecular weight excluding hydrogens is 147 g/mol. The molecule has 1 rings (SSSR count). The molecule has 3 nitrogen and oxygen atoms in total. The highest BCUT2D eigenvalue weighted by Crippen LogP contribution is 1.95. The van der Waals surface area contributed by atoms with Crippen molar-refractivity contribution < 1.29 is 9.50 Å². The molecule has 0 aromatic rings. The van der Waals surface area contributed by atoms with E-state index in [0.29, 0.717) is 19.6 Å². The first-order valence-electron chi connectivity index (χ1n) is 4.00. The number of aliphatic hydroxyl groups excluding tert-OH is 1. The zero-order chi connectivity index (χ0) is 8.10. The highest BCUT2D eigenvalue weighted by molar-refractivity contribution is 4.71. The van der Waals surface area contributed by atoms with Crippen molar-refractivity contribution in [3.63, 3.8) is 0 Å². The molecule has 0 saturated carbocycles. The van der Waals surface area contributed by atoms with Crippen molar-refractivity contribution in [2.45, 2.75) is 6.10 Å². The number of halogens is 1. The van der Waals surface area contributed by atoms with E-state index in [2.05, 4.69) is 5.32 Å². The van der Waals surface area contributed by atoms with Crippen LogP contribution in [0.15, 0.2) is 0 Å². The molecule has 1 atom stereocenters. The molecular formula is C7H15FN2O. The number of nitrogens with zero attached hydrogens (tertiary/aromatic N) is 1. The zero-order valence-corrected chi connectivity index (χ0v) is 6.59. The van der Waals surface area contributed by atoms with Gasteiger partial charge in [0.05, 0.1) is 6.10 Å². The number of alkyl halides is 1. The van der Waals surface area contributed by atoms with Gasteiger partial charge in [0.15, 0.2) is 0 Å². The SMILES string of the molecule is OC1CNCCN(CCF)C1. The molecule has 66 valence electrons. The summed E-state index contributed by atoms with van der Waals surface area (Å²) in [5.74, 6) is 0. The van der Waals surface area contributed by atoms with Crippen molar-refractivity contribution in [2.24, 2.45) is 0 Å². The quantitative estimate of drug-likeness (QED) is 0.559. The Kier molecular flexibility index (Phi) is 3.76. The minimum atomic E-state index is -0.343. The van der Waals surface area contributed by atoms with Gasteiger partial charge in [0.1, 0.15) is 6.67 Å². The zero-order valence-electron chi connectivity index (χ0n) is 6.59. The summed E-state index contributed by atoms with van der Waals surface area (Å²) in [6.45, 7) is 3.02. The summed E-state index contributed by atoms with van der Waals surface area (Å²) in [7, 11) is 0. The summed E-state index contributed by atoms with van der Waals surface area (Å²) in [4.78, 5) is 1.94. The Labute approximate surface area is 66.2 Å². The van der Waals surface area contributed by atoms with E-state index in [1.165, 1.54) is 0 Å². The van der Waals surface area contributed by atoms with Gasteiger partial charge in [-0.05, 0) is 0 Å². The maximum atomic E-state index is 11.9. The summed E-state index contributed by atoms with van der Waals surface area (Å²) in [6.07, 6.45) is -0.343. The Balaban J connectivity index is 2.27. The van der Waals surface area contributed by atoms with Crippen LogP contribution in [0.5, 0.6) is 0 Å². The van der Waals surface area contributed by atoms with E-state index in [4.69, 9.17) is 0 Å². The first-order chi connectivity index (χ1) is 5.33. The van der Waals surface area contributed by atoms with Crippen molar-refractivity contribution in [3.05, 3.63) is 0 Å². The predicted molar refractivity (Wildman–Crippen MR) is 41.3 cm³/mol. The van der Waals surface area contributed by atoms with Gasteiger partial charge in [-0.15, -0.1) is 0 Å². The Morgan fingerprint density at radius 3 is 3.18 bits per heavy atom. The smallest absolute Gasteiger partial charge is 0.102 e. The number of nitrogens with one attached hydrogen (secondary N) is 1. The van der Waals surface area contributed by atoms with Crippen LogP contribution in [0.25, 0.3) is 0 Å². The van der Waals surface area contributed by atoms with Gasteiger partial charge in [-0.3, -0.25) is 4.90 Å². The molecule has 4 heteroatoms. The molecule has 0 spiro atoms. The summed E-state index contributed by atoms with van der Waals surface area (Å²) >= 11 is 0. The van der Waals surface area contributed by atoms with E-state index in [0.717, 1.165) is 13.1 Å². The molecule has 0 bridgehead atoms. The number of β-amino-alcohol motifs (C(OH)–C–C–N with tert-alkyl or cyclic N) is 1. The Bertz CT molecular complexity index is 113. The molecule has 11 heavy (non-hydrogen) atoms. The predicted octanol–water partition coefficient (Wildman–Crippen LogP) is -0.778. The fraction of sp³-hybridized carbons (Fsp3) is 1.00. The Hall–Kier alpha value is -0.190. The van der Waals surface area contributed by atoms with Crippen molar-refractivity contribution in [1.82, 2.24) is 10.2 Å². The van der Waals surface area contributed by atoms with Crippen LogP contribution in [0.1, 0.15) is 0 Å². The largest absolute Gasteiger partial charge is 0.390 e. The Morgan fingerprint density at radius 2 is 2.45 bits per heavy atom. The summed E-state index contributed by atoms with van der Waals surface area (Å²) in [5.41, 5.74) is 0. The standard InChI is InChI=1S/C7H15FN2O/c8-1-3-10-4-2-9-5-7(11)6-10/h7,9,11H,1-6H2. The summed E-state index contributed by atoms with van der Waals surface area (Å²) < 4.78 is 11.9. The third-order valence-electron chi connectivity index (χ3n) is 1.85. The molecule has 0 aliphatic carbocycles. The lowest BCUT2D eigenvalue weighted by molar-refractivity contribution is 0.126. The van der Waals surface area contributed by atoms with Crippen LogP contribution in [0.2, 0.25) is 0 Å². The third kappa shape index (κ3) is 3.14. The minimum absolute atomic E-state index is 0.327. The van der Waals surface area contributed by atoms with Crippen molar-refractivity contribution in [3.8, 4) is 0 Å². The van der Waals surface area contributed by atoms with E-state index in [1.54, 1.807) is 0 Å². The summed E-state index contributed by atoms with van der Waals surface area (Å²) in [6, 6.07) is 0. The van der Waals surface area contributed by atoms with Crippen molar-refractivity contribution >= 4 is 0 Å². The second kappa shape index (κ2) is 4.64. The molecule has 1 fully saturated rings. The average Bonchev–Trinajstić information content (AvgIpc) is 2.15. The van der Waals surface area contributed by atoms with Gasteiger partial charge in [0.25, 0.3) is 0 Å². The monoisotopic (exact) mass is 162 g/mol. The highest BCUT2D eigenvalue weighted by Gasteiger charge is 2.14. The highest BCUT2D eigenvalue weighted by atomic mass is 19.1. The third-order valence-corrected chi connectivity index (χ3v) is 1.85. The van der Waals surface area contributed by atoms with Crippen molar-refractivity contribution in [1.29, 1.82) is 0 Å². The van der Waals surface area contributed by atoms with E-state index in [9.17, 15) is 9.50 Å². The van der Waals surface area contributed by atoms with Crippen LogP contribution in [0, 0.1) is 0 Å². The molecule has 1 aliphatic heterocycles. The lowest BCUT2D eigenvalue weighted by atomic mass is 10.3. The van der Waals surface area contributed by atoms with E-state index < -0.39 is 0 Å². The van der Waals surface area contributed by atoms with E-state index >= 15 is 0 Å². The molecule has 0 radical (unpaired) electrons. The fourth-order valence-electron chi connectivity index (χ4n) is 1.28. The van der Waals surface area contributed by atoms with Crippen LogP contribution in [0.4, 0.5) is 4.39 Å². The number of hydrogen-bond acceptors (Lipinski definition) is 3. The van der Waals surface area contributed by atoms with Crippen molar-refractivity contribution in [2.75, 3.05) is 39.4 Å². The lowest BCUT2D eigenvalue weighted by Gasteiger charge is -2.18. The first-order valence-corrected chi connectivity index (χ1v) is 4.00. The maximum absolute atomic E-state index is 11.9. The Morgan fingerprint density at radius 1 is 1.64 bits per heavy atom. The molecule has 0 aromatic heterocycles. The number of aliphatic hydroxyl groups is 1. The molecule has 1 heterocycles. The first kappa shape index (κ1) is 8.90. The van der Waals surface area contributed by atoms with Crippen LogP contribution in [0.3, 0.4) is 0 Å². The fourth-order valence-corrected chi connectivity index (χ4v) is 1.28. The van der Waals surface area contributed by atoms with Gasteiger partial charge in [0.2, 0.25) is 0 Å². The molecule has 1 unspecified atom stereocenters. The minimum Gasteiger partial charge on any atom is -0.390 e. The summed E-state index contributed by atoms with van der Waals surface area (Å²) in [5, 5.41) is 12.3. The topological polar surface area (TPSA) is 35.5 Å². The molecule has 0 aromatic carbocycles. The molecule has 1 saturated heterocycles. The van der Waals surface area contributed by atoms with Gasteiger partial charge in [0, 0.05) is 32.7 Å². The molecule has 2 N–H and O–H groups in total. The van der Waals surface area contributed by atoms with Gasteiger partial charge in [-0.25, -0.2) is 4.39 Å². The van der Waals surface area contributed by atoms with Gasteiger partial charge >= 0.3 is 0 Å². The average molecular weight is 162 g/mol. The molecule has 1 aliphatic rings. The second-order valence-electron chi connectivity index (χ2n) is 2.85. The van der Waals surface area contributed by atoms with E-state index in [1.807, 2.05) is 4.90 Å². The lowest BCUT2D eigenvalue weighted by Crippen LogP contribution is -2.34. The second-order valence-corrected chi connectivity index (χ2v) is 2.85. The van der Waals surface area contributed by atoms with Crippen LogP contribution in [-0.2, 0) is 0 Å². The van der Waals surface area contributed by atoms with Gasteiger partial charge < -0.3 is 10.4 Å². The maximum Gasteiger partial charge on any atom is 0.102 e. The van der Waals surface area contributed by atoms with Crippen LogP contribution < -0.4 is 5.32 Å². The van der Waals surface area contributed by atoms with Gasteiger partial charge in [-0.1, -0.05) is 0 Å². The van der Waals surface area contributed by atoms with Crippen LogP contribution in [-0.4, -0.2) is 55.5 Å². The van der Waals surface area contributed by atoms with Crippen LogP contribution >= 0.6 is 0 Å². The molecule has 0 amide bonds. The normalized spacial score (nSPS) is 28.4. The number of hydrogen-bond donors (Lipinski definition) is 2. The van der Waals surface area contributed by atoms with Gasteiger partial charge in [-0.2, -0.15) is 0 Å².